The first-order valence-corrected chi connectivity index (χ1v) is 5.94. The minimum Gasteiger partial charge on any atom is -0.464 e. The standard InChI is InChI=1S/C14H14N2O4/c1-19-13(17)11-8-10(9-6-4-3-5-7-9)12(16-15-11)14(18)20-2/h3-8,10,15H,1-2H3. The lowest BCUT2D eigenvalue weighted by Crippen LogP contribution is -2.32. The number of ether oxygens (including phenoxy) is 2. The SMILES string of the molecule is COC(=O)C1=CC(c2ccccc2)C(C(=O)OC)=NN1. The molecule has 104 valence electrons. The van der Waals surface area contributed by atoms with Crippen molar-refractivity contribution >= 4 is 17.7 Å². The maximum atomic E-state index is 11.8. The number of nitrogens with zero attached hydrogens (tertiary/aromatic N) is 1. The van der Waals surface area contributed by atoms with Gasteiger partial charge in [-0.15, -0.1) is 0 Å². The summed E-state index contributed by atoms with van der Waals surface area (Å²) in [4.78, 5) is 23.3. The van der Waals surface area contributed by atoms with Crippen LogP contribution in [0.15, 0.2) is 47.2 Å². The number of carbonyl (C=O) groups is 2. The molecule has 0 aromatic heterocycles. The van der Waals surface area contributed by atoms with E-state index in [1.165, 1.54) is 14.2 Å². The van der Waals surface area contributed by atoms with E-state index < -0.39 is 17.9 Å². The van der Waals surface area contributed by atoms with Gasteiger partial charge in [-0.1, -0.05) is 30.3 Å². The molecule has 0 spiro atoms. The lowest BCUT2D eigenvalue weighted by molar-refractivity contribution is -0.137. The lowest BCUT2D eigenvalue weighted by atomic mass is 9.92. The van der Waals surface area contributed by atoms with Crippen LogP contribution in [0.25, 0.3) is 0 Å². The third kappa shape index (κ3) is 2.69. The first kappa shape index (κ1) is 13.8. The van der Waals surface area contributed by atoms with E-state index in [4.69, 9.17) is 4.74 Å². The number of methoxy groups -OCH3 is 2. The summed E-state index contributed by atoms with van der Waals surface area (Å²) in [6.07, 6.45) is 1.60. The predicted molar refractivity (Wildman–Crippen MR) is 71.9 cm³/mol. The van der Waals surface area contributed by atoms with E-state index in [-0.39, 0.29) is 11.4 Å². The Kier molecular flexibility index (Phi) is 4.14. The van der Waals surface area contributed by atoms with E-state index in [1.54, 1.807) is 6.08 Å². The Hall–Kier alpha value is -2.63. The van der Waals surface area contributed by atoms with Gasteiger partial charge in [0.15, 0.2) is 5.71 Å². The maximum absolute atomic E-state index is 11.8. The Balaban J connectivity index is 2.40. The summed E-state index contributed by atoms with van der Waals surface area (Å²) in [5.74, 6) is -1.55. The highest BCUT2D eigenvalue weighted by atomic mass is 16.5. The van der Waals surface area contributed by atoms with Crippen molar-refractivity contribution < 1.29 is 19.1 Å². The van der Waals surface area contributed by atoms with Crippen molar-refractivity contribution in [3.8, 4) is 0 Å². The summed E-state index contributed by atoms with van der Waals surface area (Å²) >= 11 is 0. The van der Waals surface area contributed by atoms with Crippen LogP contribution in [-0.2, 0) is 19.1 Å². The average molecular weight is 274 g/mol. The highest BCUT2D eigenvalue weighted by Gasteiger charge is 2.29. The van der Waals surface area contributed by atoms with Gasteiger partial charge in [0.1, 0.15) is 5.70 Å². The fourth-order valence-electron chi connectivity index (χ4n) is 1.89. The second-order valence-corrected chi connectivity index (χ2v) is 4.06. The van der Waals surface area contributed by atoms with Gasteiger partial charge in [-0.2, -0.15) is 5.10 Å². The van der Waals surface area contributed by atoms with E-state index in [0.717, 1.165) is 5.56 Å². The summed E-state index contributed by atoms with van der Waals surface area (Å²) in [5, 5.41) is 3.93. The van der Waals surface area contributed by atoms with Gasteiger partial charge in [0.05, 0.1) is 20.1 Å². The van der Waals surface area contributed by atoms with E-state index in [0.29, 0.717) is 0 Å². The van der Waals surface area contributed by atoms with Crippen LogP contribution < -0.4 is 5.43 Å². The molecule has 1 aliphatic rings. The van der Waals surface area contributed by atoms with Crippen LogP contribution in [0.4, 0.5) is 0 Å². The molecule has 0 fully saturated rings. The predicted octanol–water partition coefficient (Wildman–Crippen LogP) is 0.959. The van der Waals surface area contributed by atoms with Crippen molar-refractivity contribution in [3.63, 3.8) is 0 Å². The fourth-order valence-corrected chi connectivity index (χ4v) is 1.89. The van der Waals surface area contributed by atoms with Gasteiger partial charge in [0, 0.05) is 0 Å². The van der Waals surface area contributed by atoms with Crippen LogP contribution in [0.1, 0.15) is 11.5 Å². The molecule has 0 saturated carbocycles. The fraction of sp³-hybridized carbons (Fsp3) is 0.214. The molecule has 6 nitrogen and oxygen atoms in total. The molecule has 1 atom stereocenters. The highest BCUT2D eigenvalue weighted by Crippen LogP contribution is 2.24. The van der Waals surface area contributed by atoms with Gasteiger partial charge in [-0.05, 0) is 11.6 Å². The molecule has 2 rings (SSSR count). The molecule has 0 saturated heterocycles. The molecule has 0 radical (unpaired) electrons. The quantitative estimate of drug-likeness (QED) is 0.831. The Labute approximate surface area is 116 Å². The number of benzene rings is 1. The van der Waals surface area contributed by atoms with Crippen LogP contribution >= 0.6 is 0 Å². The van der Waals surface area contributed by atoms with Crippen molar-refractivity contribution in [2.45, 2.75) is 5.92 Å². The third-order valence-electron chi connectivity index (χ3n) is 2.88. The van der Waals surface area contributed by atoms with Gasteiger partial charge < -0.3 is 9.47 Å². The molecule has 1 unspecified atom stereocenters. The molecule has 1 N–H and O–H groups in total. The number of hydrogen-bond donors (Lipinski definition) is 1. The topological polar surface area (TPSA) is 77.0 Å². The van der Waals surface area contributed by atoms with Crippen molar-refractivity contribution in [1.82, 2.24) is 5.43 Å². The van der Waals surface area contributed by atoms with Gasteiger partial charge in [-0.25, -0.2) is 9.59 Å². The largest absolute Gasteiger partial charge is 0.464 e. The van der Waals surface area contributed by atoms with E-state index in [2.05, 4.69) is 15.3 Å². The first-order chi connectivity index (χ1) is 9.67. The Morgan fingerprint density at radius 2 is 1.75 bits per heavy atom. The molecule has 1 heterocycles. The number of esters is 2. The molecular formula is C14H14N2O4. The van der Waals surface area contributed by atoms with Crippen molar-refractivity contribution in [2.24, 2.45) is 5.10 Å². The highest BCUT2D eigenvalue weighted by molar-refractivity contribution is 6.39. The number of hydrogen-bond acceptors (Lipinski definition) is 6. The first-order valence-electron chi connectivity index (χ1n) is 5.94. The van der Waals surface area contributed by atoms with Crippen LogP contribution in [0.3, 0.4) is 0 Å². The average Bonchev–Trinajstić information content (AvgIpc) is 2.53. The van der Waals surface area contributed by atoms with Crippen LogP contribution in [-0.4, -0.2) is 31.9 Å². The van der Waals surface area contributed by atoms with Crippen LogP contribution in [0, 0.1) is 0 Å². The third-order valence-corrected chi connectivity index (χ3v) is 2.88. The maximum Gasteiger partial charge on any atom is 0.355 e. The van der Waals surface area contributed by atoms with Gasteiger partial charge in [0.25, 0.3) is 0 Å². The zero-order valence-electron chi connectivity index (χ0n) is 11.1. The number of nitrogens with one attached hydrogen (secondary N) is 1. The smallest absolute Gasteiger partial charge is 0.355 e. The Morgan fingerprint density at radius 1 is 1.10 bits per heavy atom. The summed E-state index contributed by atoms with van der Waals surface area (Å²) in [6, 6.07) is 9.25. The molecule has 0 aliphatic carbocycles. The summed E-state index contributed by atoms with van der Waals surface area (Å²) in [5.41, 5.74) is 3.72. The number of rotatable bonds is 3. The molecule has 0 amide bonds. The normalized spacial score (nSPS) is 17.4. The molecule has 6 heteroatoms. The summed E-state index contributed by atoms with van der Waals surface area (Å²) in [7, 11) is 2.56. The van der Waals surface area contributed by atoms with Crippen molar-refractivity contribution in [1.29, 1.82) is 0 Å². The minimum absolute atomic E-state index is 0.186. The van der Waals surface area contributed by atoms with E-state index >= 15 is 0 Å². The lowest BCUT2D eigenvalue weighted by Gasteiger charge is -2.20. The van der Waals surface area contributed by atoms with Crippen LogP contribution in [0.2, 0.25) is 0 Å². The van der Waals surface area contributed by atoms with Crippen molar-refractivity contribution in [3.05, 3.63) is 47.7 Å². The van der Waals surface area contributed by atoms with Crippen molar-refractivity contribution in [2.75, 3.05) is 14.2 Å². The van der Waals surface area contributed by atoms with Gasteiger partial charge in [0.2, 0.25) is 0 Å². The Bertz CT molecular complexity index is 578. The second kappa shape index (κ2) is 6.01. The van der Waals surface area contributed by atoms with Gasteiger partial charge >= 0.3 is 11.9 Å². The van der Waals surface area contributed by atoms with E-state index in [9.17, 15) is 9.59 Å². The number of allylic oxidation sites excluding steroid dienone is 1. The molecule has 1 aliphatic heterocycles. The molecule has 0 bridgehead atoms. The molecule has 20 heavy (non-hydrogen) atoms. The molecule has 1 aromatic carbocycles. The zero-order valence-corrected chi connectivity index (χ0v) is 11.1. The molecule has 1 aromatic rings. The Morgan fingerprint density at radius 3 is 2.35 bits per heavy atom. The summed E-state index contributed by atoms with van der Waals surface area (Å²) in [6.45, 7) is 0. The zero-order chi connectivity index (χ0) is 14.5. The summed E-state index contributed by atoms with van der Waals surface area (Å²) < 4.78 is 9.35. The minimum atomic E-state index is -0.550. The number of hydrazone groups is 1. The second-order valence-electron chi connectivity index (χ2n) is 4.06. The monoisotopic (exact) mass is 274 g/mol. The van der Waals surface area contributed by atoms with Gasteiger partial charge in [-0.3, -0.25) is 5.43 Å². The van der Waals surface area contributed by atoms with E-state index in [1.807, 2.05) is 30.3 Å². The van der Waals surface area contributed by atoms with Crippen LogP contribution in [0.5, 0.6) is 0 Å². The molecular weight excluding hydrogens is 260 g/mol. The number of carbonyl (C=O) groups excluding carboxylic acids is 2.